The van der Waals surface area contributed by atoms with E-state index in [0.29, 0.717) is 51.9 Å². The molecule has 0 aliphatic carbocycles. The number of nitrogens with zero attached hydrogens (tertiary/aromatic N) is 3. The zero-order valence-electron chi connectivity index (χ0n) is 25.0. The largest absolute Gasteiger partial charge is 0.497 e. The van der Waals surface area contributed by atoms with Gasteiger partial charge in [-0.1, -0.05) is 42.5 Å². The molecule has 4 aromatic carbocycles. The molecule has 0 radical (unpaired) electrons. The number of benzene rings is 4. The lowest BCUT2D eigenvalue weighted by Gasteiger charge is -2.10. The molecule has 0 saturated carbocycles. The first-order valence-electron chi connectivity index (χ1n) is 14.3. The Balaban J connectivity index is 1.34. The van der Waals surface area contributed by atoms with Crippen molar-refractivity contribution in [3.8, 4) is 28.7 Å². The first kappa shape index (κ1) is 29.9. The summed E-state index contributed by atoms with van der Waals surface area (Å²) in [5, 5.41) is 8.84. The molecular formula is C36H29FN4O5. The van der Waals surface area contributed by atoms with Gasteiger partial charge in [0.1, 0.15) is 34.1 Å². The fourth-order valence-electron chi connectivity index (χ4n) is 4.73. The van der Waals surface area contributed by atoms with Gasteiger partial charge in [0.05, 0.1) is 20.8 Å². The minimum absolute atomic E-state index is 0.428. The highest BCUT2D eigenvalue weighted by atomic mass is 19.1. The number of para-hydroxylation sites is 1. The first-order valence-corrected chi connectivity index (χ1v) is 14.3. The lowest BCUT2D eigenvalue weighted by Crippen LogP contribution is -2.03. The van der Waals surface area contributed by atoms with Crippen LogP contribution in [0, 0.1) is 0 Å². The van der Waals surface area contributed by atoms with Gasteiger partial charge in [-0.25, -0.2) is 14.5 Å². The Bertz CT molecular complexity index is 1990. The van der Waals surface area contributed by atoms with Crippen LogP contribution in [0.25, 0.3) is 17.1 Å². The Hall–Kier alpha value is -6.16. The van der Waals surface area contributed by atoms with Crippen LogP contribution in [0.4, 0.5) is 15.9 Å². The van der Waals surface area contributed by atoms with Crippen molar-refractivity contribution in [2.24, 2.45) is 0 Å². The molecule has 6 aromatic rings. The van der Waals surface area contributed by atoms with Crippen molar-refractivity contribution in [3.63, 3.8) is 0 Å². The maximum Gasteiger partial charge on any atom is 0.366 e. The van der Waals surface area contributed by atoms with Crippen LogP contribution in [-0.2, 0) is 16.1 Å². The number of ether oxygens (including phenoxy) is 4. The molecule has 2 aromatic heterocycles. The van der Waals surface area contributed by atoms with Crippen molar-refractivity contribution in [1.29, 1.82) is 0 Å². The number of halogens is 1. The predicted molar refractivity (Wildman–Crippen MR) is 173 cm³/mol. The second kappa shape index (κ2) is 13.6. The first-order chi connectivity index (χ1) is 22.5. The highest BCUT2D eigenvalue weighted by molar-refractivity contribution is 5.95. The number of aromatic nitrogens is 3. The molecule has 10 heteroatoms. The summed E-state index contributed by atoms with van der Waals surface area (Å²) in [5.41, 5.74) is 2.65. The molecule has 6 rings (SSSR count). The quantitative estimate of drug-likeness (QED) is 0.115. The van der Waals surface area contributed by atoms with E-state index < -0.39 is 11.8 Å². The number of methoxy groups -OCH3 is 2. The highest BCUT2D eigenvalue weighted by Gasteiger charge is 2.19. The van der Waals surface area contributed by atoms with Crippen molar-refractivity contribution in [2.75, 3.05) is 19.5 Å². The Morgan fingerprint density at radius 3 is 2.24 bits per heavy atom. The molecule has 0 aliphatic heterocycles. The van der Waals surface area contributed by atoms with Crippen molar-refractivity contribution >= 4 is 34.6 Å². The summed E-state index contributed by atoms with van der Waals surface area (Å²) in [5.74, 6) is 1.70. The van der Waals surface area contributed by atoms with Crippen molar-refractivity contribution in [1.82, 2.24) is 14.8 Å². The molecule has 0 bridgehead atoms. The maximum atomic E-state index is 14.2. The number of carbonyl (C=O) groups excluding carboxylic acids is 1. The fraction of sp³-hybridized carbons (Fsp3) is 0.0833. The van der Waals surface area contributed by atoms with Crippen LogP contribution < -0.4 is 19.5 Å². The van der Waals surface area contributed by atoms with E-state index in [9.17, 15) is 9.18 Å². The van der Waals surface area contributed by atoms with Gasteiger partial charge < -0.3 is 24.3 Å². The van der Waals surface area contributed by atoms with E-state index in [1.165, 1.54) is 0 Å². The van der Waals surface area contributed by atoms with Gasteiger partial charge in [0.25, 0.3) is 0 Å². The summed E-state index contributed by atoms with van der Waals surface area (Å²) in [6.07, 6.45) is 2.78. The SMILES string of the molecule is COC(=O)/C(F)=C/c1cccc(Nc2nn(Cc3ccc(OC)cc3)c3nccc(Oc4ccc(Oc5ccccc5)cc4)c23)c1. The number of anilines is 2. The Morgan fingerprint density at radius 2 is 1.52 bits per heavy atom. The van der Waals surface area contributed by atoms with Gasteiger partial charge in [-0.3, -0.25) is 0 Å². The molecule has 1 N–H and O–H groups in total. The van der Waals surface area contributed by atoms with Crippen LogP contribution in [0.2, 0.25) is 0 Å². The minimum Gasteiger partial charge on any atom is -0.497 e. The average molecular weight is 617 g/mol. The third-order valence-corrected chi connectivity index (χ3v) is 6.94. The molecule has 2 heterocycles. The fourth-order valence-corrected chi connectivity index (χ4v) is 4.73. The van der Waals surface area contributed by atoms with Crippen molar-refractivity contribution < 1.29 is 28.1 Å². The lowest BCUT2D eigenvalue weighted by molar-refractivity contribution is -0.137. The van der Waals surface area contributed by atoms with Gasteiger partial charge in [-0.05, 0) is 77.9 Å². The third kappa shape index (κ3) is 6.97. The van der Waals surface area contributed by atoms with E-state index in [2.05, 4.69) is 15.0 Å². The van der Waals surface area contributed by atoms with Crippen LogP contribution >= 0.6 is 0 Å². The Labute approximate surface area is 264 Å². The second-order valence-corrected chi connectivity index (χ2v) is 10.1. The standard InChI is InChI=1S/C36H29FN4O5/c1-43-27-13-11-24(12-14-27)23-41-35-33(34(40-41)39-26-8-6-7-25(21-26)22-31(37)36(42)44-2)32(19-20-38-35)46-30-17-15-29(16-18-30)45-28-9-4-3-5-10-28/h3-22H,23H2,1-2H3,(H,39,40)/b31-22-. The van der Waals surface area contributed by atoms with Gasteiger partial charge in [-0.2, -0.15) is 9.49 Å². The molecule has 0 aliphatic rings. The Kier molecular flexibility index (Phi) is 8.87. The molecule has 0 atom stereocenters. The minimum atomic E-state index is -1.05. The Morgan fingerprint density at radius 1 is 0.826 bits per heavy atom. The summed E-state index contributed by atoms with van der Waals surface area (Å²) in [4.78, 5) is 16.2. The molecule has 9 nitrogen and oxygen atoms in total. The number of fused-ring (bicyclic) bond motifs is 1. The van der Waals surface area contributed by atoms with Crippen molar-refractivity contribution in [3.05, 3.63) is 132 Å². The predicted octanol–water partition coefficient (Wildman–Crippen LogP) is 8.30. The van der Waals surface area contributed by atoms with Crippen LogP contribution in [0.15, 0.2) is 121 Å². The summed E-state index contributed by atoms with van der Waals surface area (Å²) >= 11 is 0. The normalized spacial score (nSPS) is 11.2. The maximum absolute atomic E-state index is 14.2. The number of rotatable bonds is 11. The second-order valence-electron chi connectivity index (χ2n) is 10.1. The molecule has 0 unspecified atom stereocenters. The monoisotopic (exact) mass is 616 g/mol. The zero-order valence-corrected chi connectivity index (χ0v) is 25.0. The molecule has 0 spiro atoms. The average Bonchev–Trinajstić information content (AvgIpc) is 3.43. The molecule has 230 valence electrons. The van der Waals surface area contributed by atoms with Gasteiger partial charge in [0.2, 0.25) is 5.83 Å². The number of nitrogens with one attached hydrogen (secondary N) is 1. The van der Waals surface area contributed by atoms with E-state index in [0.717, 1.165) is 30.2 Å². The summed E-state index contributed by atoms with van der Waals surface area (Å²) in [6, 6.07) is 33.2. The lowest BCUT2D eigenvalue weighted by atomic mass is 10.1. The van der Waals surface area contributed by atoms with Crippen LogP contribution in [0.5, 0.6) is 28.7 Å². The number of esters is 1. The number of hydrogen-bond donors (Lipinski definition) is 1. The third-order valence-electron chi connectivity index (χ3n) is 6.94. The summed E-state index contributed by atoms with van der Waals surface area (Å²) in [6.45, 7) is 0.428. The summed E-state index contributed by atoms with van der Waals surface area (Å²) < 4.78 is 38.1. The summed E-state index contributed by atoms with van der Waals surface area (Å²) in [7, 11) is 2.75. The number of hydrogen-bond acceptors (Lipinski definition) is 8. The zero-order chi connectivity index (χ0) is 31.9. The van der Waals surface area contributed by atoms with E-state index in [1.807, 2.05) is 84.9 Å². The molecule has 0 amide bonds. The van der Waals surface area contributed by atoms with Crippen LogP contribution in [0.3, 0.4) is 0 Å². The van der Waals surface area contributed by atoms with Gasteiger partial charge in [0, 0.05) is 18.0 Å². The van der Waals surface area contributed by atoms with Gasteiger partial charge in [-0.15, -0.1) is 0 Å². The van der Waals surface area contributed by atoms with E-state index in [1.54, 1.807) is 42.3 Å². The van der Waals surface area contributed by atoms with E-state index in [4.69, 9.17) is 19.3 Å². The van der Waals surface area contributed by atoms with Crippen LogP contribution in [-0.4, -0.2) is 35.0 Å². The van der Waals surface area contributed by atoms with Gasteiger partial charge in [0.15, 0.2) is 11.5 Å². The highest BCUT2D eigenvalue weighted by Crippen LogP contribution is 2.36. The van der Waals surface area contributed by atoms with E-state index in [-0.39, 0.29) is 0 Å². The molecular weight excluding hydrogens is 587 g/mol. The van der Waals surface area contributed by atoms with E-state index >= 15 is 0 Å². The molecule has 46 heavy (non-hydrogen) atoms. The smallest absolute Gasteiger partial charge is 0.366 e. The van der Waals surface area contributed by atoms with Crippen molar-refractivity contribution in [2.45, 2.75) is 6.54 Å². The van der Waals surface area contributed by atoms with Gasteiger partial charge >= 0.3 is 5.97 Å². The van der Waals surface area contributed by atoms with Crippen LogP contribution in [0.1, 0.15) is 11.1 Å². The molecule has 0 saturated heterocycles. The topological polar surface area (TPSA) is 96.7 Å². The molecule has 0 fully saturated rings. The number of carbonyl (C=O) groups is 1. The number of pyridine rings is 1.